The van der Waals surface area contributed by atoms with E-state index in [-0.39, 0.29) is 5.57 Å². The van der Waals surface area contributed by atoms with Gasteiger partial charge in [-0.3, -0.25) is 4.79 Å². The molecule has 0 bridgehead atoms. The summed E-state index contributed by atoms with van der Waals surface area (Å²) in [6, 6.07) is 17.0. The summed E-state index contributed by atoms with van der Waals surface area (Å²) in [5, 5.41) is 9.07. The fourth-order valence-electron chi connectivity index (χ4n) is 1.85. The van der Waals surface area contributed by atoms with Gasteiger partial charge in [-0.1, -0.05) is 60.7 Å². The number of carboxylic acid groups (broad SMARTS) is 1. The van der Waals surface area contributed by atoms with Crippen molar-refractivity contribution in [2.24, 2.45) is 5.73 Å². The number of rotatable bonds is 4. The number of carbonyl (C=O) groups is 2. The van der Waals surface area contributed by atoms with E-state index in [1.807, 2.05) is 0 Å². The smallest absolute Gasteiger partial charge is 0.352 e. The van der Waals surface area contributed by atoms with E-state index in [9.17, 15) is 9.59 Å². The predicted octanol–water partition coefficient (Wildman–Crippen LogP) is 2.32. The van der Waals surface area contributed by atoms with Crippen molar-refractivity contribution in [2.45, 2.75) is 0 Å². The zero-order chi connectivity index (χ0) is 14.5. The zero-order valence-electron chi connectivity index (χ0n) is 10.6. The Balaban J connectivity index is 2.58. The third kappa shape index (κ3) is 2.75. The Kier molecular flexibility index (Phi) is 3.96. The van der Waals surface area contributed by atoms with Crippen molar-refractivity contribution in [3.05, 3.63) is 77.5 Å². The molecule has 100 valence electrons. The topological polar surface area (TPSA) is 80.4 Å². The molecular formula is C16H13NO3. The number of benzene rings is 2. The molecule has 0 spiro atoms. The second-order valence-corrected chi connectivity index (χ2v) is 4.16. The van der Waals surface area contributed by atoms with Crippen LogP contribution in [0.3, 0.4) is 0 Å². The van der Waals surface area contributed by atoms with Crippen molar-refractivity contribution in [3.8, 4) is 0 Å². The number of allylic oxidation sites excluding steroid dienone is 1. The monoisotopic (exact) mass is 267 g/mol. The maximum absolute atomic E-state index is 12.5. The van der Waals surface area contributed by atoms with Crippen molar-refractivity contribution in [1.82, 2.24) is 0 Å². The standard InChI is InChI=1S/C16H13NO3/c17-14(16(19)20)13(11-7-3-1-4-8-11)15(18)12-9-5-2-6-10-12/h1-10H,17H2,(H,19,20)/b14-13-. The van der Waals surface area contributed by atoms with Gasteiger partial charge in [0.1, 0.15) is 5.70 Å². The van der Waals surface area contributed by atoms with Crippen LogP contribution in [0, 0.1) is 0 Å². The summed E-state index contributed by atoms with van der Waals surface area (Å²) in [6.07, 6.45) is 0. The molecule has 0 heterocycles. The number of ketones is 1. The van der Waals surface area contributed by atoms with E-state index in [0.29, 0.717) is 11.1 Å². The van der Waals surface area contributed by atoms with E-state index in [0.717, 1.165) is 0 Å². The maximum atomic E-state index is 12.5. The van der Waals surface area contributed by atoms with E-state index in [1.165, 1.54) is 0 Å². The number of hydrogen-bond acceptors (Lipinski definition) is 3. The minimum Gasteiger partial charge on any atom is -0.477 e. The molecule has 20 heavy (non-hydrogen) atoms. The first-order valence-corrected chi connectivity index (χ1v) is 5.99. The lowest BCUT2D eigenvalue weighted by Crippen LogP contribution is -2.17. The van der Waals surface area contributed by atoms with Gasteiger partial charge < -0.3 is 10.8 Å². The molecule has 0 amide bonds. The summed E-state index contributed by atoms with van der Waals surface area (Å²) in [5.41, 5.74) is 6.03. The van der Waals surface area contributed by atoms with Crippen LogP contribution in [0.25, 0.3) is 5.57 Å². The highest BCUT2D eigenvalue weighted by atomic mass is 16.4. The van der Waals surface area contributed by atoms with Gasteiger partial charge in [-0.15, -0.1) is 0 Å². The van der Waals surface area contributed by atoms with Gasteiger partial charge in [0.2, 0.25) is 0 Å². The number of carboxylic acids is 1. The third-order valence-corrected chi connectivity index (χ3v) is 2.83. The van der Waals surface area contributed by atoms with E-state index >= 15 is 0 Å². The van der Waals surface area contributed by atoms with Gasteiger partial charge in [0.15, 0.2) is 5.78 Å². The molecule has 0 unspecified atom stereocenters. The lowest BCUT2D eigenvalue weighted by Gasteiger charge is -2.09. The maximum Gasteiger partial charge on any atom is 0.352 e. The Bertz CT molecular complexity index is 661. The summed E-state index contributed by atoms with van der Waals surface area (Å²) < 4.78 is 0. The average Bonchev–Trinajstić information content (AvgIpc) is 2.49. The fourth-order valence-corrected chi connectivity index (χ4v) is 1.85. The van der Waals surface area contributed by atoms with Crippen LogP contribution in [0.15, 0.2) is 66.4 Å². The van der Waals surface area contributed by atoms with Gasteiger partial charge in [-0.05, 0) is 5.56 Å². The lowest BCUT2D eigenvalue weighted by molar-refractivity contribution is -0.132. The van der Waals surface area contributed by atoms with Crippen LogP contribution >= 0.6 is 0 Å². The average molecular weight is 267 g/mol. The van der Waals surface area contributed by atoms with Crippen molar-refractivity contribution < 1.29 is 14.7 Å². The Morgan fingerprint density at radius 3 is 1.70 bits per heavy atom. The van der Waals surface area contributed by atoms with Gasteiger partial charge in [0.25, 0.3) is 0 Å². The summed E-state index contributed by atoms with van der Waals surface area (Å²) in [7, 11) is 0. The van der Waals surface area contributed by atoms with Crippen LogP contribution in [0.4, 0.5) is 0 Å². The number of hydrogen-bond donors (Lipinski definition) is 2. The molecule has 0 aliphatic carbocycles. The third-order valence-electron chi connectivity index (χ3n) is 2.83. The molecule has 0 fully saturated rings. The molecule has 2 aromatic carbocycles. The van der Waals surface area contributed by atoms with E-state index in [4.69, 9.17) is 10.8 Å². The Morgan fingerprint density at radius 2 is 1.25 bits per heavy atom. The SMILES string of the molecule is N/C(C(=O)O)=C(\C(=O)c1ccccc1)c1ccccc1. The molecule has 2 rings (SSSR count). The summed E-state index contributed by atoms with van der Waals surface area (Å²) in [4.78, 5) is 23.6. The van der Waals surface area contributed by atoms with Gasteiger partial charge in [-0.2, -0.15) is 0 Å². The molecule has 4 nitrogen and oxygen atoms in total. The van der Waals surface area contributed by atoms with Crippen molar-refractivity contribution in [2.75, 3.05) is 0 Å². The van der Waals surface area contributed by atoms with Gasteiger partial charge in [0.05, 0.1) is 5.57 Å². The normalized spacial score (nSPS) is 11.6. The number of carbonyl (C=O) groups excluding carboxylic acids is 1. The van der Waals surface area contributed by atoms with Gasteiger partial charge >= 0.3 is 5.97 Å². The summed E-state index contributed by atoms with van der Waals surface area (Å²) in [6.45, 7) is 0. The Hall–Kier alpha value is -2.88. The summed E-state index contributed by atoms with van der Waals surface area (Å²) >= 11 is 0. The molecule has 0 aliphatic heterocycles. The molecular weight excluding hydrogens is 254 g/mol. The number of aliphatic carboxylic acids is 1. The molecule has 0 atom stereocenters. The van der Waals surface area contributed by atoms with Crippen molar-refractivity contribution in [1.29, 1.82) is 0 Å². The highest BCUT2D eigenvalue weighted by Gasteiger charge is 2.21. The zero-order valence-corrected chi connectivity index (χ0v) is 10.6. The molecule has 2 aromatic rings. The number of Topliss-reactive ketones (excluding diaryl/α,β-unsaturated/α-hetero) is 1. The highest BCUT2D eigenvalue weighted by molar-refractivity contribution is 6.32. The molecule has 0 aromatic heterocycles. The van der Waals surface area contributed by atoms with Gasteiger partial charge in [0, 0.05) is 5.56 Å². The highest BCUT2D eigenvalue weighted by Crippen LogP contribution is 2.21. The van der Waals surface area contributed by atoms with Crippen LogP contribution in [-0.4, -0.2) is 16.9 Å². The van der Waals surface area contributed by atoms with E-state index in [2.05, 4.69) is 0 Å². The second-order valence-electron chi connectivity index (χ2n) is 4.16. The largest absolute Gasteiger partial charge is 0.477 e. The minimum atomic E-state index is -1.31. The van der Waals surface area contributed by atoms with Gasteiger partial charge in [-0.25, -0.2) is 4.79 Å². The van der Waals surface area contributed by atoms with Crippen LogP contribution in [0.5, 0.6) is 0 Å². The Morgan fingerprint density at radius 1 is 0.800 bits per heavy atom. The van der Waals surface area contributed by atoms with Crippen molar-refractivity contribution >= 4 is 17.3 Å². The van der Waals surface area contributed by atoms with Crippen LogP contribution in [0.2, 0.25) is 0 Å². The minimum absolute atomic E-state index is 0.00398. The van der Waals surface area contributed by atoms with E-state index in [1.54, 1.807) is 60.7 Å². The van der Waals surface area contributed by atoms with Crippen LogP contribution < -0.4 is 5.73 Å². The first kappa shape index (κ1) is 13.5. The first-order chi connectivity index (χ1) is 9.61. The first-order valence-electron chi connectivity index (χ1n) is 5.99. The van der Waals surface area contributed by atoms with E-state index < -0.39 is 17.4 Å². The Labute approximate surface area is 116 Å². The van der Waals surface area contributed by atoms with Crippen molar-refractivity contribution in [3.63, 3.8) is 0 Å². The molecule has 0 saturated carbocycles. The van der Waals surface area contributed by atoms with Crippen LogP contribution in [-0.2, 0) is 4.79 Å². The molecule has 0 radical (unpaired) electrons. The second kappa shape index (κ2) is 5.84. The molecule has 3 N–H and O–H groups in total. The predicted molar refractivity (Wildman–Crippen MR) is 76.0 cm³/mol. The molecule has 0 aliphatic rings. The van der Waals surface area contributed by atoms with Crippen LogP contribution in [0.1, 0.15) is 15.9 Å². The quantitative estimate of drug-likeness (QED) is 0.658. The fraction of sp³-hybridized carbons (Fsp3) is 0. The lowest BCUT2D eigenvalue weighted by atomic mass is 9.95. The number of nitrogens with two attached hydrogens (primary N) is 1. The molecule has 4 heteroatoms. The summed E-state index contributed by atoms with van der Waals surface area (Å²) in [5.74, 6) is -1.72. The molecule has 0 saturated heterocycles.